The monoisotopic (exact) mass is 446 g/mol. The molecule has 32 heavy (non-hydrogen) atoms. The lowest BCUT2D eigenvalue weighted by atomic mass is 10.1. The molecule has 3 aromatic carbocycles. The molecule has 0 saturated carbocycles. The van der Waals surface area contributed by atoms with Crippen molar-refractivity contribution in [2.24, 2.45) is 0 Å². The van der Waals surface area contributed by atoms with Crippen LogP contribution in [0.15, 0.2) is 83.8 Å². The van der Waals surface area contributed by atoms with E-state index in [2.05, 4.69) is 10.6 Å². The van der Waals surface area contributed by atoms with Crippen LogP contribution in [0, 0.1) is 0 Å². The van der Waals surface area contributed by atoms with Crippen LogP contribution in [0.3, 0.4) is 0 Å². The number of ketones is 1. The molecule has 0 aliphatic heterocycles. The minimum Gasteiger partial charge on any atom is -0.326 e. The van der Waals surface area contributed by atoms with Crippen molar-refractivity contribution in [3.63, 3.8) is 0 Å². The van der Waals surface area contributed by atoms with Gasteiger partial charge < -0.3 is 10.6 Å². The Bertz CT molecular complexity index is 1080. The fourth-order valence-electron chi connectivity index (χ4n) is 3.13. The number of rotatable bonds is 9. The van der Waals surface area contributed by atoms with Gasteiger partial charge in [0.15, 0.2) is 5.78 Å². The lowest BCUT2D eigenvalue weighted by Gasteiger charge is -2.15. The zero-order valence-corrected chi connectivity index (χ0v) is 18.9. The van der Waals surface area contributed by atoms with Crippen molar-refractivity contribution in [1.82, 2.24) is 0 Å². The molecule has 0 aliphatic rings. The third-order valence-corrected chi connectivity index (χ3v) is 6.18. The lowest BCUT2D eigenvalue weighted by Crippen LogP contribution is -2.24. The molecule has 1 unspecified atom stereocenters. The Hall–Kier alpha value is -3.38. The van der Waals surface area contributed by atoms with E-state index < -0.39 is 0 Å². The number of carbonyl (C=O) groups is 3. The van der Waals surface area contributed by atoms with Crippen LogP contribution in [0.2, 0.25) is 0 Å². The summed E-state index contributed by atoms with van der Waals surface area (Å²) in [6.45, 7) is 3.47. The number of hydrogen-bond acceptors (Lipinski definition) is 4. The highest BCUT2D eigenvalue weighted by Gasteiger charge is 2.18. The maximum Gasteiger partial charge on any atom is 0.237 e. The maximum atomic E-state index is 12.8. The summed E-state index contributed by atoms with van der Waals surface area (Å²) < 4.78 is 0. The van der Waals surface area contributed by atoms with E-state index in [0.29, 0.717) is 29.8 Å². The van der Waals surface area contributed by atoms with Crippen LogP contribution in [0.4, 0.5) is 11.4 Å². The van der Waals surface area contributed by atoms with Gasteiger partial charge in [0, 0.05) is 21.8 Å². The van der Waals surface area contributed by atoms with Gasteiger partial charge >= 0.3 is 0 Å². The van der Waals surface area contributed by atoms with E-state index in [1.165, 1.54) is 18.7 Å². The van der Waals surface area contributed by atoms with Gasteiger partial charge in [-0.25, -0.2) is 0 Å². The van der Waals surface area contributed by atoms with Gasteiger partial charge in [-0.1, -0.05) is 43.3 Å². The Labute approximate surface area is 192 Å². The number of amides is 2. The van der Waals surface area contributed by atoms with E-state index in [9.17, 15) is 14.4 Å². The standard InChI is InChI=1S/C26H26N2O3S/c1-3-24(26(31)28-21-14-12-20(13-15-21)18(2)29)32-23-11-7-10-22(17-23)27-25(30)16-19-8-5-4-6-9-19/h4-15,17,24H,3,16H2,1-2H3,(H,27,30)(H,28,31). The molecule has 2 N–H and O–H groups in total. The number of benzene rings is 3. The summed E-state index contributed by atoms with van der Waals surface area (Å²) in [5, 5.41) is 5.54. The number of Topliss-reactive ketones (excluding diaryl/α,β-unsaturated/α-hetero) is 1. The Morgan fingerprint density at radius 1 is 0.844 bits per heavy atom. The molecule has 0 radical (unpaired) electrons. The first-order valence-corrected chi connectivity index (χ1v) is 11.3. The molecule has 5 nitrogen and oxygen atoms in total. The van der Waals surface area contributed by atoms with Crippen LogP contribution in [-0.4, -0.2) is 22.8 Å². The maximum absolute atomic E-state index is 12.8. The third kappa shape index (κ3) is 6.82. The quantitative estimate of drug-likeness (QED) is 0.332. The van der Waals surface area contributed by atoms with Crippen molar-refractivity contribution in [3.8, 4) is 0 Å². The van der Waals surface area contributed by atoms with E-state index in [0.717, 1.165) is 10.5 Å². The number of carbonyl (C=O) groups excluding carboxylic acids is 3. The highest BCUT2D eigenvalue weighted by atomic mass is 32.2. The van der Waals surface area contributed by atoms with Crippen LogP contribution in [0.5, 0.6) is 0 Å². The van der Waals surface area contributed by atoms with Crippen molar-refractivity contribution < 1.29 is 14.4 Å². The minimum atomic E-state index is -0.294. The number of anilines is 2. The van der Waals surface area contributed by atoms with Gasteiger partial charge in [-0.2, -0.15) is 0 Å². The summed E-state index contributed by atoms with van der Waals surface area (Å²) in [5.74, 6) is -0.204. The van der Waals surface area contributed by atoms with E-state index >= 15 is 0 Å². The molecule has 6 heteroatoms. The Balaban J connectivity index is 1.60. The largest absolute Gasteiger partial charge is 0.326 e. The molecule has 0 saturated heterocycles. The molecule has 164 valence electrons. The molecule has 0 spiro atoms. The smallest absolute Gasteiger partial charge is 0.237 e. The van der Waals surface area contributed by atoms with Gasteiger partial charge in [0.1, 0.15) is 0 Å². The molecule has 1 atom stereocenters. The highest BCUT2D eigenvalue weighted by Crippen LogP contribution is 2.28. The van der Waals surface area contributed by atoms with Crippen LogP contribution in [-0.2, 0) is 16.0 Å². The SMILES string of the molecule is CCC(Sc1cccc(NC(=O)Cc2ccccc2)c1)C(=O)Nc1ccc(C(C)=O)cc1. The molecule has 0 heterocycles. The van der Waals surface area contributed by atoms with Crippen LogP contribution in [0.25, 0.3) is 0 Å². The molecule has 3 aromatic rings. The van der Waals surface area contributed by atoms with Gasteiger partial charge in [-0.3, -0.25) is 14.4 Å². The van der Waals surface area contributed by atoms with E-state index in [4.69, 9.17) is 0 Å². The number of thioether (sulfide) groups is 1. The first-order valence-electron chi connectivity index (χ1n) is 10.5. The molecule has 0 aromatic heterocycles. The average Bonchev–Trinajstić information content (AvgIpc) is 2.78. The Morgan fingerprint density at radius 2 is 1.56 bits per heavy atom. The van der Waals surface area contributed by atoms with E-state index in [-0.39, 0.29) is 22.8 Å². The average molecular weight is 447 g/mol. The van der Waals surface area contributed by atoms with Crippen molar-refractivity contribution in [2.75, 3.05) is 10.6 Å². The molecular formula is C26H26N2O3S. The van der Waals surface area contributed by atoms with Gasteiger partial charge in [-0.05, 0) is 61.4 Å². The predicted molar refractivity (Wildman–Crippen MR) is 130 cm³/mol. The fourth-order valence-corrected chi connectivity index (χ4v) is 4.14. The van der Waals surface area contributed by atoms with Crippen LogP contribution in [0.1, 0.15) is 36.2 Å². The van der Waals surface area contributed by atoms with Gasteiger partial charge in [0.05, 0.1) is 11.7 Å². The molecule has 2 amide bonds. The Kier molecular flexibility index (Phi) is 8.22. The zero-order valence-electron chi connectivity index (χ0n) is 18.1. The molecule has 0 fully saturated rings. The minimum absolute atomic E-state index is 0.0133. The van der Waals surface area contributed by atoms with Crippen molar-refractivity contribution in [1.29, 1.82) is 0 Å². The molecule has 0 aliphatic carbocycles. The van der Waals surface area contributed by atoms with Gasteiger partial charge in [0.2, 0.25) is 11.8 Å². The van der Waals surface area contributed by atoms with Crippen LogP contribution < -0.4 is 10.6 Å². The topological polar surface area (TPSA) is 75.3 Å². The number of hydrogen-bond donors (Lipinski definition) is 2. The number of nitrogens with one attached hydrogen (secondary N) is 2. The van der Waals surface area contributed by atoms with Gasteiger partial charge in [0.25, 0.3) is 0 Å². The van der Waals surface area contributed by atoms with E-state index in [1.807, 2.05) is 61.5 Å². The second-order valence-corrected chi connectivity index (χ2v) is 8.65. The summed E-state index contributed by atoms with van der Waals surface area (Å²) >= 11 is 1.45. The molecule has 3 rings (SSSR count). The first kappa shape index (κ1) is 23.3. The highest BCUT2D eigenvalue weighted by molar-refractivity contribution is 8.00. The summed E-state index contributed by atoms with van der Waals surface area (Å²) in [7, 11) is 0. The summed E-state index contributed by atoms with van der Waals surface area (Å²) in [5.41, 5.74) is 2.91. The summed E-state index contributed by atoms with van der Waals surface area (Å²) in [6, 6.07) is 24.0. The first-order chi connectivity index (χ1) is 15.4. The predicted octanol–water partition coefficient (Wildman–Crippen LogP) is 5.58. The zero-order chi connectivity index (χ0) is 22.9. The van der Waals surface area contributed by atoms with E-state index in [1.54, 1.807) is 24.3 Å². The second kappa shape index (κ2) is 11.3. The normalized spacial score (nSPS) is 11.4. The van der Waals surface area contributed by atoms with Crippen molar-refractivity contribution in [2.45, 2.75) is 36.8 Å². The fraction of sp³-hybridized carbons (Fsp3) is 0.192. The van der Waals surface area contributed by atoms with Crippen molar-refractivity contribution >= 4 is 40.7 Å². The lowest BCUT2D eigenvalue weighted by molar-refractivity contribution is -0.116. The summed E-state index contributed by atoms with van der Waals surface area (Å²) in [4.78, 5) is 37.4. The van der Waals surface area contributed by atoms with Gasteiger partial charge in [-0.15, -0.1) is 11.8 Å². The third-order valence-electron chi connectivity index (χ3n) is 4.83. The van der Waals surface area contributed by atoms with Crippen LogP contribution >= 0.6 is 11.8 Å². The second-order valence-electron chi connectivity index (χ2n) is 7.38. The molecular weight excluding hydrogens is 420 g/mol. The van der Waals surface area contributed by atoms with Crippen molar-refractivity contribution in [3.05, 3.63) is 90.0 Å². The summed E-state index contributed by atoms with van der Waals surface area (Å²) in [6.07, 6.45) is 0.952. The Morgan fingerprint density at radius 3 is 2.22 bits per heavy atom. The molecule has 0 bridgehead atoms.